The van der Waals surface area contributed by atoms with E-state index in [0.717, 1.165) is 10.9 Å². The van der Waals surface area contributed by atoms with E-state index in [1.165, 1.54) is 29.2 Å². The number of alkyl halides is 3. The molecule has 0 saturated heterocycles. The number of benzene rings is 2. The standard InChI is InChI=1S/C20H13F3N4O2/c1-27(16-11-10-12-4-2-3-5-15(12)24-16)18(28)14-8-6-13(7-9-14)17-25-19(29-26-17)20(21,22)23/h2-11H,1H3. The second-order valence-corrected chi connectivity index (χ2v) is 6.22. The van der Waals surface area contributed by atoms with Gasteiger partial charge in [-0.2, -0.15) is 18.2 Å². The Morgan fingerprint density at radius 3 is 2.38 bits per heavy atom. The van der Waals surface area contributed by atoms with Crippen LogP contribution in [0.2, 0.25) is 0 Å². The van der Waals surface area contributed by atoms with E-state index in [1.807, 2.05) is 30.3 Å². The zero-order valence-electron chi connectivity index (χ0n) is 15.0. The molecule has 0 spiro atoms. The maximum absolute atomic E-state index is 12.8. The first-order chi connectivity index (χ1) is 13.8. The van der Waals surface area contributed by atoms with Gasteiger partial charge in [-0.25, -0.2) is 4.98 Å². The van der Waals surface area contributed by atoms with Crippen molar-refractivity contribution in [2.45, 2.75) is 6.18 Å². The summed E-state index contributed by atoms with van der Waals surface area (Å²) in [6.45, 7) is 0. The van der Waals surface area contributed by atoms with E-state index < -0.39 is 12.1 Å². The fraction of sp³-hybridized carbons (Fsp3) is 0.100. The van der Waals surface area contributed by atoms with Crippen molar-refractivity contribution in [1.82, 2.24) is 15.1 Å². The van der Waals surface area contributed by atoms with Gasteiger partial charge in [0.2, 0.25) is 5.82 Å². The Morgan fingerprint density at radius 1 is 0.966 bits per heavy atom. The zero-order valence-corrected chi connectivity index (χ0v) is 15.0. The number of hydrogen-bond donors (Lipinski definition) is 0. The Hall–Kier alpha value is -3.75. The molecular weight excluding hydrogens is 385 g/mol. The second kappa shape index (κ2) is 7.01. The van der Waals surface area contributed by atoms with Gasteiger partial charge in [0.05, 0.1) is 5.52 Å². The molecule has 1 amide bonds. The van der Waals surface area contributed by atoms with Crippen LogP contribution in [-0.2, 0) is 6.18 Å². The van der Waals surface area contributed by atoms with Crippen molar-refractivity contribution >= 4 is 22.6 Å². The molecule has 2 heterocycles. The molecule has 9 heteroatoms. The number of aromatic nitrogens is 3. The molecule has 0 atom stereocenters. The van der Waals surface area contributed by atoms with E-state index in [9.17, 15) is 18.0 Å². The third-order valence-electron chi connectivity index (χ3n) is 4.29. The Balaban J connectivity index is 1.56. The SMILES string of the molecule is CN(C(=O)c1ccc(-c2noc(C(F)(F)F)n2)cc1)c1ccc2ccccc2n1. The summed E-state index contributed by atoms with van der Waals surface area (Å²) in [6, 6.07) is 17.0. The molecule has 4 rings (SSSR count). The number of nitrogens with zero attached hydrogens (tertiary/aromatic N) is 4. The third-order valence-corrected chi connectivity index (χ3v) is 4.29. The van der Waals surface area contributed by atoms with E-state index >= 15 is 0 Å². The molecule has 0 aliphatic heterocycles. The van der Waals surface area contributed by atoms with Gasteiger partial charge in [-0.1, -0.05) is 35.5 Å². The van der Waals surface area contributed by atoms with Gasteiger partial charge < -0.3 is 4.52 Å². The summed E-state index contributed by atoms with van der Waals surface area (Å²) in [4.78, 5) is 22.0. The summed E-state index contributed by atoms with van der Waals surface area (Å²) >= 11 is 0. The molecule has 0 radical (unpaired) electrons. The van der Waals surface area contributed by atoms with E-state index in [0.29, 0.717) is 16.9 Å². The lowest BCUT2D eigenvalue weighted by Gasteiger charge is -2.17. The second-order valence-electron chi connectivity index (χ2n) is 6.22. The van der Waals surface area contributed by atoms with Crippen LogP contribution in [0.1, 0.15) is 16.2 Å². The minimum Gasteiger partial charge on any atom is -0.329 e. The number of rotatable bonds is 3. The molecule has 0 saturated carbocycles. The summed E-state index contributed by atoms with van der Waals surface area (Å²) < 4.78 is 42.0. The fourth-order valence-electron chi connectivity index (χ4n) is 2.76. The van der Waals surface area contributed by atoms with Crippen LogP contribution < -0.4 is 4.90 Å². The molecule has 0 N–H and O–H groups in total. The van der Waals surface area contributed by atoms with Gasteiger partial charge in [0.1, 0.15) is 5.82 Å². The van der Waals surface area contributed by atoms with Gasteiger partial charge in [-0.3, -0.25) is 9.69 Å². The van der Waals surface area contributed by atoms with Gasteiger partial charge in [0, 0.05) is 23.6 Å². The van der Waals surface area contributed by atoms with Crippen molar-refractivity contribution in [2.75, 3.05) is 11.9 Å². The molecule has 0 aliphatic rings. The van der Waals surface area contributed by atoms with Crippen LogP contribution in [-0.4, -0.2) is 28.1 Å². The molecule has 2 aromatic heterocycles. The molecule has 4 aromatic rings. The quantitative estimate of drug-likeness (QED) is 0.505. The predicted molar refractivity (Wildman–Crippen MR) is 99.2 cm³/mol. The molecule has 0 aliphatic carbocycles. The molecule has 0 fully saturated rings. The highest BCUT2D eigenvalue weighted by Gasteiger charge is 2.38. The lowest BCUT2D eigenvalue weighted by Crippen LogP contribution is -2.27. The van der Waals surface area contributed by atoms with Gasteiger partial charge in [-0.05, 0) is 30.3 Å². The summed E-state index contributed by atoms with van der Waals surface area (Å²) in [7, 11) is 1.60. The monoisotopic (exact) mass is 398 g/mol. The van der Waals surface area contributed by atoms with Gasteiger partial charge in [-0.15, -0.1) is 0 Å². The summed E-state index contributed by atoms with van der Waals surface area (Å²) in [5.74, 6) is -1.47. The minimum atomic E-state index is -4.71. The maximum atomic E-state index is 12.8. The number of pyridine rings is 1. The average molecular weight is 398 g/mol. The summed E-state index contributed by atoms with van der Waals surface area (Å²) in [5, 5.41) is 4.29. The highest BCUT2D eigenvalue weighted by atomic mass is 19.4. The number of amides is 1. The van der Waals surface area contributed by atoms with Crippen molar-refractivity contribution in [3.63, 3.8) is 0 Å². The number of anilines is 1. The largest absolute Gasteiger partial charge is 0.471 e. The van der Waals surface area contributed by atoms with Crippen molar-refractivity contribution < 1.29 is 22.5 Å². The van der Waals surface area contributed by atoms with Crippen molar-refractivity contribution in [1.29, 1.82) is 0 Å². The first-order valence-corrected chi connectivity index (χ1v) is 8.48. The van der Waals surface area contributed by atoms with E-state index in [4.69, 9.17) is 0 Å². The average Bonchev–Trinajstić information content (AvgIpc) is 3.23. The van der Waals surface area contributed by atoms with Crippen LogP contribution in [0.15, 0.2) is 65.2 Å². The molecule has 29 heavy (non-hydrogen) atoms. The van der Waals surface area contributed by atoms with Crippen LogP contribution in [0, 0.1) is 0 Å². The Labute approximate surface area is 162 Å². The van der Waals surface area contributed by atoms with E-state index in [2.05, 4.69) is 19.6 Å². The fourth-order valence-corrected chi connectivity index (χ4v) is 2.76. The highest BCUT2D eigenvalue weighted by Crippen LogP contribution is 2.29. The number of carbonyl (C=O) groups is 1. The number of hydrogen-bond acceptors (Lipinski definition) is 5. The number of carbonyl (C=O) groups excluding carboxylic acids is 1. The molecule has 6 nitrogen and oxygen atoms in total. The van der Waals surface area contributed by atoms with Crippen molar-refractivity contribution in [3.05, 3.63) is 72.1 Å². The summed E-state index contributed by atoms with van der Waals surface area (Å²) in [6.07, 6.45) is -4.71. The third kappa shape index (κ3) is 3.66. The minimum absolute atomic E-state index is 0.208. The molecule has 0 unspecified atom stereocenters. The Kier molecular flexibility index (Phi) is 4.50. The van der Waals surface area contributed by atoms with E-state index in [1.54, 1.807) is 13.1 Å². The van der Waals surface area contributed by atoms with Crippen LogP contribution in [0.4, 0.5) is 19.0 Å². The lowest BCUT2D eigenvalue weighted by molar-refractivity contribution is -0.159. The normalized spacial score (nSPS) is 11.6. The van der Waals surface area contributed by atoms with Gasteiger partial charge in [0.15, 0.2) is 0 Å². The summed E-state index contributed by atoms with van der Waals surface area (Å²) in [5.41, 5.74) is 1.40. The molecule has 146 valence electrons. The highest BCUT2D eigenvalue weighted by molar-refractivity contribution is 6.05. The molecule has 0 bridgehead atoms. The van der Waals surface area contributed by atoms with Crippen molar-refractivity contribution in [2.24, 2.45) is 0 Å². The van der Waals surface area contributed by atoms with Crippen LogP contribution >= 0.6 is 0 Å². The first-order valence-electron chi connectivity index (χ1n) is 8.48. The first kappa shape index (κ1) is 18.6. The molecular formula is C20H13F3N4O2. The Morgan fingerprint density at radius 2 is 1.69 bits per heavy atom. The number of fused-ring (bicyclic) bond motifs is 1. The van der Waals surface area contributed by atoms with E-state index in [-0.39, 0.29) is 11.7 Å². The topological polar surface area (TPSA) is 72.1 Å². The predicted octanol–water partition coefficient (Wildman–Crippen LogP) is 4.58. The number of para-hydroxylation sites is 1. The zero-order chi connectivity index (χ0) is 20.6. The van der Waals surface area contributed by atoms with Crippen LogP contribution in [0.25, 0.3) is 22.3 Å². The molecule has 2 aromatic carbocycles. The maximum Gasteiger partial charge on any atom is 0.471 e. The van der Waals surface area contributed by atoms with Gasteiger partial charge >= 0.3 is 12.1 Å². The smallest absolute Gasteiger partial charge is 0.329 e. The lowest BCUT2D eigenvalue weighted by atomic mass is 10.1. The van der Waals surface area contributed by atoms with Crippen LogP contribution in [0.5, 0.6) is 0 Å². The van der Waals surface area contributed by atoms with Crippen LogP contribution in [0.3, 0.4) is 0 Å². The van der Waals surface area contributed by atoms with Gasteiger partial charge in [0.25, 0.3) is 5.91 Å². The van der Waals surface area contributed by atoms with Crippen molar-refractivity contribution in [3.8, 4) is 11.4 Å². The Bertz CT molecular complexity index is 1190. The number of halogens is 3.